The lowest BCUT2D eigenvalue weighted by atomic mass is 9.79. The molecule has 19 heavy (non-hydrogen) atoms. The standard InChI is InChI=1S/C16H30N2O/c1-8-9-16(17)14(18(6)7)13(10-11(2)3)19-15(16)12(4)5/h9,11-15H,1,10,17H2,2-7H3/t13-,14-,15+,16-/m1/s1. The van der Waals surface area contributed by atoms with Gasteiger partial charge in [-0.15, -0.1) is 5.73 Å². The van der Waals surface area contributed by atoms with Crippen molar-refractivity contribution in [3.05, 3.63) is 18.4 Å². The summed E-state index contributed by atoms with van der Waals surface area (Å²) in [5.74, 6) is 0.963. The average Bonchev–Trinajstić information content (AvgIpc) is 2.50. The van der Waals surface area contributed by atoms with Gasteiger partial charge in [0.25, 0.3) is 0 Å². The van der Waals surface area contributed by atoms with Gasteiger partial charge in [0, 0.05) is 0 Å². The van der Waals surface area contributed by atoms with E-state index in [2.05, 4.69) is 59.0 Å². The summed E-state index contributed by atoms with van der Waals surface area (Å²) in [5.41, 5.74) is 9.07. The van der Waals surface area contributed by atoms with Crippen LogP contribution in [0.2, 0.25) is 0 Å². The third-order valence-electron chi connectivity index (χ3n) is 3.90. The number of nitrogens with two attached hydrogens (primary N) is 1. The smallest absolute Gasteiger partial charge is 0.0865 e. The van der Waals surface area contributed by atoms with Crippen molar-refractivity contribution in [3.8, 4) is 0 Å². The fourth-order valence-electron chi connectivity index (χ4n) is 3.38. The molecule has 0 unspecified atom stereocenters. The van der Waals surface area contributed by atoms with E-state index >= 15 is 0 Å². The van der Waals surface area contributed by atoms with Crippen LogP contribution in [0.1, 0.15) is 34.1 Å². The summed E-state index contributed by atoms with van der Waals surface area (Å²) in [6.45, 7) is 12.5. The monoisotopic (exact) mass is 266 g/mol. The molecule has 0 saturated carbocycles. The molecule has 1 fully saturated rings. The molecule has 3 heteroatoms. The van der Waals surface area contributed by atoms with Gasteiger partial charge in [0.05, 0.1) is 23.8 Å². The third-order valence-corrected chi connectivity index (χ3v) is 3.90. The normalized spacial score (nSPS) is 35.2. The average molecular weight is 266 g/mol. The second kappa shape index (κ2) is 6.23. The maximum atomic E-state index is 6.70. The molecule has 0 radical (unpaired) electrons. The van der Waals surface area contributed by atoms with Gasteiger partial charge in [-0.1, -0.05) is 34.3 Å². The molecule has 0 spiro atoms. The van der Waals surface area contributed by atoms with Crippen LogP contribution in [0.4, 0.5) is 0 Å². The molecule has 1 aliphatic heterocycles. The van der Waals surface area contributed by atoms with Gasteiger partial charge in [0.15, 0.2) is 0 Å². The largest absolute Gasteiger partial charge is 0.371 e. The minimum absolute atomic E-state index is 0.0119. The van der Waals surface area contributed by atoms with Crippen molar-refractivity contribution in [2.45, 2.75) is 57.9 Å². The zero-order valence-corrected chi connectivity index (χ0v) is 13.3. The number of nitrogens with zero attached hydrogens (tertiary/aromatic N) is 1. The summed E-state index contributed by atoms with van der Waals surface area (Å²) in [7, 11) is 4.14. The van der Waals surface area contributed by atoms with E-state index in [1.807, 2.05) is 6.08 Å². The molecular weight excluding hydrogens is 236 g/mol. The zero-order chi connectivity index (χ0) is 14.8. The molecule has 0 aromatic rings. The predicted octanol–water partition coefficient (Wildman–Crippen LogP) is 2.42. The van der Waals surface area contributed by atoms with Crippen LogP contribution in [0.3, 0.4) is 0 Å². The molecule has 1 heterocycles. The van der Waals surface area contributed by atoms with E-state index in [0.29, 0.717) is 11.8 Å². The molecule has 0 aromatic carbocycles. The first-order chi connectivity index (χ1) is 8.74. The van der Waals surface area contributed by atoms with Crippen LogP contribution in [-0.2, 0) is 4.74 Å². The Morgan fingerprint density at radius 1 is 1.37 bits per heavy atom. The van der Waals surface area contributed by atoms with Crippen molar-refractivity contribution in [3.63, 3.8) is 0 Å². The van der Waals surface area contributed by atoms with E-state index in [0.717, 1.165) is 6.42 Å². The molecule has 0 aliphatic carbocycles. The van der Waals surface area contributed by atoms with Crippen LogP contribution in [-0.4, -0.2) is 42.8 Å². The van der Waals surface area contributed by atoms with Crippen LogP contribution in [0, 0.1) is 11.8 Å². The topological polar surface area (TPSA) is 38.5 Å². The number of hydrogen-bond donors (Lipinski definition) is 1. The molecule has 0 aromatic heterocycles. The van der Waals surface area contributed by atoms with E-state index in [4.69, 9.17) is 10.5 Å². The Bertz CT molecular complexity index is 345. The zero-order valence-electron chi connectivity index (χ0n) is 13.3. The van der Waals surface area contributed by atoms with Crippen molar-refractivity contribution in [2.24, 2.45) is 17.6 Å². The number of hydrogen-bond acceptors (Lipinski definition) is 3. The third kappa shape index (κ3) is 3.29. The van der Waals surface area contributed by atoms with Crippen LogP contribution in [0.25, 0.3) is 0 Å². The van der Waals surface area contributed by atoms with Gasteiger partial charge < -0.3 is 15.4 Å². The lowest BCUT2D eigenvalue weighted by molar-refractivity contribution is -0.00717. The predicted molar refractivity (Wildman–Crippen MR) is 81.1 cm³/mol. The summed E-state index contributed by atoms with van der Waals surface area (Å²) >= 11 is 0. The van der Waals surface area contributed by atoms with Crippen LogP contribution in [0.15, 0.2) is 18.4 Å². The molecule has 110 valence electrons. The molecule has 1 saturated heterocycles. The van der Waals surface area contributed by atoms with Crippen LogP contribution < -0.4 is 5.73 Å². The first kappa shape index (κ1) is 16.5. The molecule has 1 rings (SSSR count). The molecule has 0 amide bonds. The summed E-state index contributed by atoms with van der Waals surface area (Å²) in [6, 6.07) is 0.163. The Balaban J connectivity index is 3.16. The summed E-state index contributed by atoms with van der Waals surface area (Å²) in [4.78, 5) is 2.18. The van der Waals surface area contributed by atoms with Gasteiger partial charge in [0.1, 0.15) is 0 Å². The van der Waals surface area contributed by atoms with Crippen molar-refractivity contribution in [2.75, 3.05) is 14.1 Å². The minimum atomic E-state index is -0.515. The van der Waals surface area contributed by atoms with E-state index in [1.165, 1.54) is 0 Å². The minimum Gasteiger partial charge on any atom is -0.371 e. The van der Waals surface area contributed by atoms with Gasteiger partial charge in [-0.25, -0.2) is 0 Å². The Morgan fingerprint density at radius 2 is 1.95 bits per heavy atom. The van der Waals surface area contributed by atoms with E-state index in [1.54, 1.807) is 0 Å². The second-order valence-electron chi connectivity index (χ2n) is 6.73. The molecule has 4 atom stereocenters. The number of likely N-dealkylation sites (N-methyl/N-ethyl adjacent to an activating group) is 1. The first-order valence-corrected chi connectivity index (χ1v) is 7.21. The Morgan fingerprint density at radius 3 is 2.32 bits per heavy atom. The number of ether oxygens (including phenoxy) is 1. The highest BCUT2D eigenvalue weighted by molar-refractivity contribution is 5.21. The maximum absolute atomic E-state index is 6.70. The number of rotatable bonds is 5. The quantitative estimate of drug-likeness (QED) is 0.777. The van der Waals surface area contributed by atoms with E-state index < -0.39 is 5.54 Å². The summed E-state index contributed by atoms with van der Waals surface area (Å²) in [6.07, 6.45) is 3.11. The molecule has 3 nitrogen and oxygen atoms in total. The highest BCUT2D eigenvalue weighted by Crippen LogP contribution is 2.38. The molecule has 0 bridgehead atoms. The SMILES string of the molecule is C=C=C[C@]1(N)[C@H](C(C)C)O[C@H](CC(C)C)[C@H]1N(C)C. The Kier molecular flexibility index (Phi) is 5.40. The lowest BCUT2D eigenvalue weighted by Gasteiger charge is -2.37. The second-order valence-corrected chi connectivity index (χ2v) is 6.73. The highest BCUT2D eigenvalue weighted by Gasteiger charge is 2.54. The van der Waals surface area contributed by atoms with Crippen molar-refractivity contribution in [1.82, 2.24) is 4.90 Å². The fraction of sp³-hybridized carbons (Fsp3) is 0.812. The molecule has 1 aliphatic rings. The van der Waals surface area contributed by atoms with Gasteiger partial charge in [0.2, 0.25) is 0 Å². The lowest BCUT2D eigenvalue weighted by Crippen LogP contribution is -2.60. The van der Waals surface area contributed by atoms with Crippen molar-refractivity contribution in [1.29, 1.82) is 0 Å². The molecule has 2 N–H and O–H groups in total. The maximum Gasteiger partial charge on any atom is 0.0865 e. The van der Waals surface area contributed by atoms with Gasteiger partial charge >= 0.3 is 0 Å². The first-order valence-electron chi connectivity index (χ1n) is 7.21. The van der Waals surface area contributed by atoms with Crippen LogP contribution in [0.5, 0.6) is 0 Å². The highest BCUT2D eigenvalue weighted by atomic mass is 16.5. The van der Waals surface area contributed by atoms with Gasteiger partial charge in [-0.2, -0.15) is 0 Å². The summed E-state index contributed by atoms with van der Waals surface area (Å²) in [5, 5.41) is 0. The van der Waals surface area contributed by atoms with Crippen molar-refractivity contribution >= 4 is 0 Å². The molecular formula is C16H30N2O. The van der Waals surface area contributed by atoms with Crippen molar-refractivity contribution < 1.29 is 4.74 Å². The Labute approximate surface area is 118 Å². The Hall–Kier alpha value is -0.600. The summed E-state index contributed by atoms with van der Waals surface area (Å²) < 4.78 is 6.31. The van der Waals surface area contributed by atoms with E-state index in [9.17, 15) is 0 Å². The van der Waals surface area contributed by atoms with Gasteiger partial charge in [-0.05, 0) is 38.4 Å². The van der Waals surface area contributed by atoms with Crippen LogP contribution >= 0.6 is 0 Å². The van der Waals surface area contributed by atoms with E-state index in [-0.39, 0.29) is 18.2 Å². The fourth-order valence-corrected chi connectivity index (χ4v) is 3.38. The van der Waals surface area contributed by atoms with Gasteiger partial charge in [-0.3, -0.25) is 0 Å².